The quantitative estimate of drug-likeness (QED) is 0.160. The summed E-state index contributed by atoms with van der Waals surface area (Å²) < 4.78 is 0. The third-order valence-corrected chi connectivity index (χ3v) is 3.36. The average molecular weight is 335 g/mol. The summed E-state index contributed by atoms with van der Waals surface area (Å²) in [7, 11) is 0. The number of hydrogen-bond acceptors (Lipinski definition) is 7. The van der Waals surface area contributed by atoms with Gasteiger partial charge in [-0.1, -0.05) is 0 Å². The SMILES string of the molecule is NCCCC[C@H](NC(=O)[C@@H](N)CS)C(=O)N[C@@H](CN)C(=O)O. The van der Waals surface area contributed by atoms with Gasteiger partial charge in [-0.3, -0.25) is 9.59 Å². The van der Waals surface area contributed by atoms with Crippen LogP contribution in [0.2, 0.25) is 0 Å². The zero-order valence-electron chi connectivity index (χ0n) is 12.3. The van der Waals surface area contributed by atoms with Gasteiger partial charge >= 0.3 is 5.97 Å². The second kappa shape index (κ2) is 11.2. The molecule has 9 nitrogen and oxygen atoms in total. The van der Waals surface area contributed by atoms with E-state index in [4.69, 9.17) is 22.3 Å². The van der Waals surface area contributed by atoms with Crippen molar-refractivity contribution in [1.82, 2.24) is 10.6 Å². The molecular formula is C12H25N5O4S. The van der Waals surface area contributed by atoms with Gasteiger partial charge in [0.05, 0.1) is 6.04 Å². The van der Waals surface area contributed by atoms with E-state index in [1.807, 2.05) is 0 Å². The van der Waals surface area contributed by atoms with Gasteiger partial charge in [0.25, 0.3) is 0 Å². The lowest BCUT2D eigenvalue weighted by atomic mass is 10.1. The molecule has 0 aromatic rings. The second-order valence-corrected chi connectivity index (χ2v) is 5.13. The van der Waals surface area contributed by atoms with E-state index < -0.39 is 35.9 Å². The number of carboxylic acid groups (broad SMARTS) is 1. The van der Waals surface area contributed by atoms with E-state index in [9.17, 15) is 14.4 Å². The van der Waals surface area contributed by atoms with Crippen LogP contribution in [0.3, 0.4) is 0 Å². The largest absolute Gasteiger partial charge is 0.480 e. The maximum absolute atomic E-state index is 12.1. The number of hydrogen-bond donors (Lipinski definition) is 7. The maximum atomic E-state index is 12.1. The number of nitrogens with two attached hydrogens (primary N) is 3. The van der Waals surface area contributed by atoms with Crippen LogP contribution in [0, 0.1) is 0 Å². The minimum absolute atomic E-state index is 0.128. The molecule has 0 aliphatic heterocycles. The van der Waals surface area contributed by atoms with Gasteiger partial charge in [-0.25, -0.2) is 4.79 Å². The first-order valence-corrected chi connectivity index (χ1v) is 7.60. The van der Waals surface area contributed by atoms with E-state index in [0.717, 1.165) is 0 Å². The number of nitrogens with one attached hydrogen (secondary N) is 2. The van der Waals surface area contributed by atoms with Crippen LogP contribution >= 0.6 is 12.6 Å². The van der Waals surface area contributed by atoms with E-state index in [-0.39, 0.29) is 12.3 Å². The van der Waals surface area contributed by atoms with Gasteiger partial charge in [0.2, 0.25) is 11.8 Å². The molecule has 0 saturated heterocycles. The van der Waals surface area contributed by atoms with Gasteiger partial charge in [-0.05, 0) is 25.8 Å². The van der Waals surface area contributed by atoms with Gasteiger partial charge in [0.15, 0.2) is 0 Å². The lowest BCUT2D eigenvalue weighted by Gasteiger charge is -2.22. The predicted molar refractivity (Wildman–Crippen MR) is 85.3 cm³/mol. The van der Waals surface area contributed by atoms with Crippen molar-refractivity contribution in [2.45, 2.75) is 37.4 Å². The molecule has 0 aromatic heterocycles. The Morgan fingerprint density at radius 2 is 1.64 bits per heavy atom. The Hall–Kier alpha value is -1.36. The Bertz CT molecular complexity index is 383. The number of carbonyl (C=O) groups is 3. The molecule has 0 fully saturated rings. The smallest absolute Gasteiger partial charge is 0.327 e. The predicted octanol–water partition coefficient (Wildman–Crippen LogP) is -2.61. The van der Waals surface area contributed by atoms with Crippen molar-refractivity contribution in [3.05, 3.63) is 0 Å². The summed E-state index contributed by atoms with van der Waals surface area (Å²) in [6, 6.07) is -2.95. The number of carboxylic acids is 1. The van der Waals surface area contributed by atoms with E-state index in [0.29, 0.717) is 25.8 Å². The van der Waals surface area contributed by atoms with Gasteiger partial charge in [-0.15, -0.1) is 0 Å². The number of rotatable bonds is 11. The van der Waals surface area contributed by atoms with Gasteiger partial charge in [0.1, 0.15) is 12.1 Å². The Balaban J connectivity index is 4.78. The van der Waals surface area contributed by atoms with Crippen LogP contribution in [0.1, 0.15) is 19.3 Å². The average Bonchev–Trinajstić information content (AvgIpc) is 2.49. The fraction of sp³-hybridized carbons (Fsp3) is 0.750. The Morgan fingerprint density at radius 3 is 2.09 bits per heavy atom. The molecule has 128 valence electrons. The Labute approximate surface area is 134 Å². The lowest BCUT2D eigenvalue weighted by Crippen LogP contribution is -2.56. The molecule has 2 amide bonds. The number of carbonyl (C=O) groups excluding carboxylic acids is 2. The second-order valence-electron chi connectivity index (χ2n) is 4.77. The summed E-state index contributed by atoms with van der Waals surface area (Å²) in [4.78, 5) is 34.8. The van der Waals surface area contributed by atoms with Crippen molar-refractivity contribution in [3.63, 3.8) is 0 Å². The van der Waals surface area contributed by atoms with E-state index in [1.54, 1.807) is 0 Å². The molecule has 0 rings (SSSR count). The lowest BCUT2D eigenvalue weighted by molar-refractivity contribution is -0.142. The summed E-state index contributed by atoms with van der Waals surface area (Å²) >= 11 is 3.92. The third-order valence-electron chi connectivity index (χ3n) is 2.96. The van der Waals surface area contributed by atoms with Crippen LogP contribution in [0.25, 0.3) is 0 Å². The number of unbranched alkanes of at least 4 members (excludes halogenated alkanes) is 1. The molecule has 0 bridgehead atoms. The monoisotopic (exact) mass is 335 g/mol. The third kappa shape index (κ3) is 7.59. The molecule has 10 heteroatoms. The molecule has 3 atom stereocenters. The molecule has 0 unspecified atom stereocenters. The number of thiol groups is 1. The normalized spacial score (nSPS) is 14.7. The minimum Gasteiger partial charge on any atom is -0.480 e. The first kappa shape index (κ1) is 20.6. The van der Waals surface area contributed by atoms with E-state index >= 15 is 0 Å². The van der Waals surface area contributed by atoms with E-state index in [2.05, 4.69) is 23.3 Å². The first-order valence-electron chi connectivity index (χ1n) is 6.97. The van der Waals surface area contributed by atoms with Crippen LogP contribution in [-0.4, -0.2) is 59.9 Å². The molecular weight excluding hydrogens is 310 g/mol. The highest BCUT2D eigenvalue weighted by atomic mass is 32.1. The molecule has 9 N–H and O–H groups in total. The maximum Gasteiger partial charge on any atom is 0.327 e. The van der Waals surface area contributed by atoms with E-state index in [1.165, 1.54) is 0 Å². The number of aliphatic carboxylic acids is 1. The molecule has 0 heterocycles. The topological polar surface area (TPSA) is 174 Å². The summed E-state index contributed by atoms with van der Waals surface area (Å²) in [6.45, 7) is 0.208. The fourth-order valence-electron chi connectivity index (χ4n) is 1.62. The van der Waals surface area contributed by atoms with Gasteiger partial charge in [0, 0.05) is 12.3 Å². The van der Waals surface area contributed by atoms with Crippen molar-refractivity contribution < 1.29 is 19.5 Å². The van der Waals surface area contributed by atoms with Crippen molar-refractivity contribution >= 4 is 30.4 Å². The zero-order chi connectivity index (χ0) is 17.1. The number of amides is 2. The molecule has 0 saturated carbocycles. The molecule has 0 radical (unpaired) electrons. The van der Waals surface area contributed by atoms with Gasteiger partial charge < -0.3 is 32.9 Å². The Kier molecular flexibility index (Phi) is 10.5. The Morgan fingerprint density at radius 1 is 1.05 bits per heavy atom. The highest BCUT2D eigenvalue weighted by Gasteiger charge is 2.26. The van der Waals surface area contributed by atoms with Crippen molar-refractivity contribution in [1.29, 1.82) is 0 Å². The fourth-order valence-corrected chi connectivity index (χ4v) is 1.78. The van der Waals surface area contributed by atoms with Crippen molar-refractivity contribution in [2.24, 2.45) is 17.2 Å². The summed E-state index contributed by atoms with van der Waals surface area (Å²) in [5, 5.41) is 13.7. The van der Waals surface area contributed by atoms with Crippen LogP contribution in [0.5, 0.6) is 0 Å². The summed E-state index contributed by atoms with van der Waals surface area (Å²) in [5.74, 6) is -2.25. The van der Waals surface area contributed by atoms with Gasteiger partial charge in [-0.2, -0.15) is 12.6 Å². The highest BCUT2D eigenvalue weighted by molar-refractivity contribution is 7.80. The molecule has 0 aromatic carbocycles. The summed E-state index contributed by atoms with van der Waals surface area (Å²) in [6.07, 6.45) is 1.60. The minimum atomic E-state index is -1.24. The summed E-state index contributed by atoms with van der Waals surface area (Å²) in [5.41, 5.74) is 16.2. The highest BCUT2D eigenvalue weighted by Crippen LogP contribution is 2.02. The van der Waals surface area contributed by atoms with Crippen molar-refractivity contribution in [3.8, 4) is 0 Å². The molecule has 0 aliphatic rings. The zero-order valence-corrected chi connectivity index (χ0v) is 13.2. The van der Waals surface area contributed by atoms with Crippen LogP contribution in [0.15, 0.2) is 0 Å². The van der Waals surface area contributed by atoms with Crippen LogP contribution < -0.4 is 27.8 Å². The molecule has 0 aliphatic carbocycles. The van der Waals surface area contributed by atoms with Crippen molar-refractivity contribution in [2.75, 3.05) is 18.8 Å². The molecule has 0 spiro atoms. The standard InChI is InChI=1S/C12H25N5O4S/c13-4-2-1-3-8(16-10(18)7(15)6-22)11(19)17-9(5-14)12(20)21/h7-9,22H,1-6,13-15H2,(H,16,18)(H,17,19)(H,20,21)/t7-,8-,9-/m0/s1. The molecule has 22 heavy (non-hydrogen) atoms. The van der Waals surface area contributed by atoms with Crippen LogP contribution in [0.4, 0.5) is 0 Å². The first-order chi connectivity index (χ1) is 10.4. The van der Waals surface area contributed by atoms with Crippen LogP contribution in [-0.2, 0) is 14.4 Å².